The van der Waals surface area contributed by atoms with Crippen LogP contribution in [0.2, 0.25) is 0 Å². The van der Waals surface area contributed by atoms with Gasteiger partial charge in [0.15, 0.2) is 0 Å². The van der Waals surface area contributed by atoms with E-state index >= 15 is 0 Å². The molecule has 0 rings (SSSR count). The fraction of sp³-hybridized carbons (Fsp3) is 1.00. The van der Waals surface area contributed by atoms with Gasteiger partial charge in [0.05, 0.1) is 6.10 Å². The van der Waals surface area contributed by atoms with Crippen molar-refractivity contribution in [3.63, 3.8) is 0 Å². The highest BCUT2D eigenvalue weighted by Gasteiger charge is 2.07. The van der Waals surface area contributed by atoms with Crippen LogP contribution in [0.1, 0.15) is 6.92 Å². The normalized spacial score (nSPS) is 15.1. The third-order valence-electron chi connectivity index (χ3n) is 0.742. The quantitative estimate of drug-likeness (QED) is 0.650. The van der Waals surface area contributed by atoms with Crippen LogP contribution in [0.25, 0.3) is 0 Å². The Hall–Kier alpha value is 0.350. The molecule has 0 aliphatic heterocycles. The number of hydrogen-bond donors (Lipinski definition) is 2. The van der Waals surface area contributed by atoms with Crippen LogP contribution in [-0.2, 0) is 10.0 Å². The largest absolute Gasteiger partial charge is 0.392 e. The molecule has 0 aromatic heterocycles. The predicted molar refractivity (Wildman–Crippen MR) is 42.4 cm³/mol. The van der Waals surface area contributed by atoms with E-state index in [2.05, 4.69) is 20.7 Å². The molecule has 0 saturated carbocycles. The van der Waals surface area contributed by atoms with Gasteiger partial charge in [-0.05, 0) is 6.92 Å². The minimum Gasteiger partial charge on any atom is -0.392 e. The van der Waals surface area contributed by atoms with Gasteiger partial charge in [0.25, 0.3) is 0 Å². The van der Waals surface area contributed by atoms with Crippen molar-refractivity contribution in [2.45, 2.75) is 13.0 Å². The van der Waals surface area contributed by atoms with Crippen LogP contribution in [0.4, 0.5) is 0 Å². The molecular weight excluding hydrogens is 222 g/mol. The lowest BCUT2D eigenvalue weighted by Gasteiger charge is -2.04. The third kappa shape index (κ3) is 5.16. The Bertz CT molecular complexity index is 177. The lowest BCUT2D eigenvalue weighted by Crippen LogP contribution is -2.31. The van der Waals surface area contributed by atoms with E-state index < -0.39 is 16.1 Å². The Morgan fingerprint density at radius 2 is 2.20 bits per heavy atom. The second-order valence-electron chi connectivity index (χ2n) is 1.92. The van der Waals surface area contributed by atoms with Gasteiger partial charge in [-0.1, -0.05) is 15.9 Å². The van der Waals surface area contributed by atoms with Crippen molar-refractivity contribution in [3.05, 3.63) is 0 Å². The zero-order valence-corrected chi connectivity index (χ0v) is 7.94. The molecule has 0 heterocycles. The molecule has 10 heavy (non-hydrogen) atoms. The number of hydrogen-bond acceptors (Lipinski definition) is 3. The minimum atomic E-state index is -3.21. The molecule has 1 atom stereocenters. The molecule has 0 spiro atoms. The first-order valence-corrected chi connectivity index (χ1v) is 5.46. The maximum atomic E-state index is 10.6. The number of rotatable bonds is 4. The van der Waals surface area contributed by atoms with Crippen molar-refractivity contribution in [2.24, 2.45) is 0 Å². The molecule has 62 valence electrons. The second-order valence-corrected chi connectivity index (χ2v) is 5.03. The monoisotopic (exact) mass is 231 g/mol. The zero-order chi connectivity index (χ0) is 8.20. The number of nitrogens with one attached hydrogen (secondary N) is 1. The van der Waals surface area contributed by atoms with Crippen LogP contribution in [0.3, 0.4) is 0 Å². The fourth-order valence-electron chi connectivity index (χ4n) is 0.286. The van der Waals surface area contributed by atoms with E-state index in [9.17, 15) is 8.42 Å². The highest BCUT2D eigenvalue weighted by molar-refractivity contribution is 9.10. The van der Waals surface area contributed by atoms with Crippen molar-refractivity contribution < 1.29 is 13.5 Å². The molecule has 0 unspecified atom stereocenters. The van der Waals surface area contributed by atoms with Crippen LogP contribution in [0, 0.1) is 0 Å². The molecule has 0 fully saturated rings. The van der Waals surface area contributed by atoms with Crippen molar-refractivity contribution in [3.8, 4) is 0 Å². The maximum Gasteiger partial charge on any atom is 0.221 e. The second kappa shape index (κ2) is 4.27. The van der Waals surface area contributed by atoms with Crippen LogP contribution in [0.15, 0.2) is 0 Å². The summed E-state index contributed by atoms with van der Waals surface area (Å²) in [6.07, 6.45) is -0.645. The van der Waals surface area contributed by atoms with Gasteiger partial charge in [-0.25, -0.2) is 13.1 Å². The number of alkyl halides is 1. The highest BCUT2D eigenvalue weighted by atomic mass is 79.9. The average Bonchev–Trinajstić information content (AvgIpc) is 1.85. The molecule has 0 saturated heterocycles. The lowest BCUT2D eigenvalue weighted by molar-refractivity contribution is 0.198. The molecule has 6 heteroatoms. The third-order valence-corrected chi connectivity index (χ3v) is 3.44. The SMILES string of the molecule is C[C@@H](O)CNS(=O)(=O)CBr. The van der Waals surface area contributed by atoms with Crippen LogP contribution in [-0.4, -0.2) is 30.8 Å². The van der Waals surface area contributed by atoms with E-state index in [1.54, 1.807) is 0 Å². The number of sulfonamides is 1. The minimum absolute atomic E-state index is 0.0634. The molecule has 0 radical (unpaired) electrons. The number of aliphatic hydroxyl groups excluding tert-OH is 1. The zero-order valence-electron chi connectivity index (χ0n) is 5.54. The van der Waals surface area contributed by atoms with E-state index in [1.165, 1.54) is 6.92 Å². The molecule has 0 aromatic carbocycles. The van der Waals surface area contributed by atoms with Gasteiger partial charge >= 0.3 is 0 Å². The van der Waals surface area contributed by atoms with Crippen molar-refractivity contribution in [1.29, 1.82) is 0 Å². The number of aliphatic hydroxyl groups is 1. The van der Waals surface area contributed by atoms with Gasteiger partial charge in [0.2, 0.25) is 10.0 Å². The molecule has 0 aliphatic rings. The van der Waals surface area contributed by atoms with Gasteiger partial charge in [0.1, 0.15) is 4.66 Å². The first-order valence-electron chi connectivity index (χ1n) is 2.69. The predicted octanol–water partition coefficient (Wildman–Crippen LogP) is -0.361. The van der Waals surface area contributed by atoms with Crippen molar-refractivity contribution in [1.82, 2.24) is 4.72 Å². The van der Waals surface area contributed by atoms with E-state index in [0.717, 1.165) is 0 Å². The maximum absolute atomic E-state index is 10.6. The topological polar surface area (TPSA) is 66.4 Å². The van der Waals surface area contributed by atoms with Crippen molar-refractivity contribution >= 4 is 26.0 Å². The van der Waals surface area contributed by atoms with Gasteiger partial charge in [-0.15, -0.1) is 0 Å². The van der Waals surface area contributed by atoms with Crippen molar-refractivity contribution in [2.75, 3.05) is 11.2 Å². The summed E-state index contributed by atoms with van der Waals surface area (Å²) in [6, 6.07) is 0. The molecule has 0 bridgehead atoms. The molecular formula is C4H10BrNO3S. The fourth-order valence-corrected chi connectivity index (χ4v) is 1.34. The number of halogens is 1. The van der Waals surface area contributed by atoms with Crippen LogP contribution in [0.5, 0.6) is 0 Å². The first kappa shape index (κ1) is 10.3. The van der Waals surface area contributed by atoms with E-state index in [-0.39, 0.29) is 11.2 Å². The molecule has 0 aliphatic carbocycles. The van der Waals surface area contributed by atoms with Crippen LogP contribution >= 0.6 is 15.9 Å². The summed E-state index contributed by atoms with van der Waals surface area (Å²) in [5, 5.41) is 8.67. The van der Waals surface area contributed by atoms with Gasteiger partial charge in [-0.2, -0.15) is 0 Å². The van der Waals surface area contributed by atoms with E-state index in [0.29, 0.717) is 0 Å². The summed E-state index contributed by atoms with van der Waals surface area (Å²) in [4.78, 5) is 0. The van der Waals surface area contributed by atoms with Crippen LogP contribution < -0.4 is 4.72 Å². The summed E-state index contributed by atoms with van der Waals surface area (Å²) in [5.74, 6) is 0. The smallest absolute Gasteiger partial charge is 0.221 e. The summed E-state index contributed by atoms with van der Waals surface area (Å²) >= 11 is 2.79. The molecule has 0 aromatic rings. The summed E-state index contributed by atoms with van der Waals surface area (Å²) in [5.41, 5.74) is 0. The van der Waals surface area contributed by atoms with Gasteiger partial charge < -0.3 is 5.11 Å². The molecule has 4 nitrogen and oxygen atoms in total. The molecule has 0 amide bonds. The highest BCUT2D eigenvalue weighted by Crippen LogP contribution is 1.90. The Morgan fingerprint density at radius 1 is 1.70 bits per heavy atom. The van der Waals surface area contributed by atoms with Gasteiger partial charge in [-0.3, -0.25) is 0 Å². The Balaban J connectivity index is 3.70. The van der Waals surface area contributed by atoms with E-state index in [1.807, 2.05) is 0 Å². The average molecular weight is 232 g/mol. The Morgan fingerprint density at radius 3 is 2.50 bits per heavy atom. The van der Waals surface area contributed by atoms with Gasteiger partial charge in [0, 0.05) is 6.54 Å². The lowest BCUT2D eigenvalue weighted by atomic mass is 10.4. The Labute approximate surface area is 68.8 Å². The summed E-state index contributed by atoms with van der Waals surface area (Å²) in [7, 11) is -3.21. The van der Waals surface area contributed by atoms with E-state index in [4.69, 9.17) is 5.11 Å². The standard InChI is InChI=1S/C4H10BrNO3S/c1-4(7)2-6-10(8,9)3-5/h4,6-7H,2-3H2,1H3/t4-/m1/s1. The molecule has 2 N–H and O–H groups in total. The summed E-state index contributed by atoms with van der Waals surface area (Å²) < 4.78 is 23.3. The summed E-state index contributed by atoms with van der Waals surface area (Å²) in [6.45, 7) is 1.57. The Kier molecular flexibility index (Phi) is 4.42. The first-order chi connectivity index (χ1) is 4.48.